The van der Waals surface area contributed by atoms with Gasteiger partial charge in [-0.05, 0) is 96.4 Å². The van der Waals surface area contributed by atoms with E-state index in [2.05, 4.69) is 61.5 Å². The SMILES string of the molecule is CC1(C)CC[C@]2(C)CC[C@]3(C)C(=CC(=O)[C@@H]4[C@@]5(C)CCC(=O)C(C)(C)C5CC[C@]43C)[C@H]2C1. The topological polar surface area (TPSA) is 34.1 Å². The summed E-state index contributed by atoms with van der Waals surface area (Å²) in [5, 5.41) is 0. The summed E-state index contributed by atoms with van der Waals surface area (Å²) in [4.78, 5) is 27.0. The van der Waals surface area contributed by atoms with Gasteiger partial charge < -0.3 is 0 Å². The maximum Gasteiger partial charge on any atom is 0.159 e. The largest absolute Gasteiger partial charge is 0.299 e. The molecule has 0 bridgehead atoms. The van der Waals surface area contributed by atoms with Gasteiger partial charge in [-0.3, -0.25) is 9.59 Å². The van der Waals surface area contributed by atoms with Crippen LogP contribution in [0.4, 0.5) is 0 Å². The fourth-order valence-corrected chi connectivity index (χ4v) is 10.1. The molecule has 0 spiro atoms. The summed E-state index contributed by atoms with van der Waals surface area (Å²) in [6.07, 6.45) is 12.2. The zero-order valence-electron chi connectivity index (χ0n) is 22.0. The summed E-state index contributed by atoms with van der Waals surface area (Å²) in [6.45, 7) is 19.1. The van der Waals surface area contributed by atoms with Crippen molar-refractivity contribution in [1.82, 2.24) is 0 Å². The molecule has 4 saturated carbocycles. The number of Topliss-reactive ketones (excluding diaryl/α,β-unsaturated/α-hetero) is 1. The zero-order valence-corrected chi connectivity index (χ0v) is 22.0. The zero-order chi connectivity index (χ0) is 23.5. The van der Waals surface area contributed by atoms with Crippen LogP contribution in [0, 0.1) is 50.2 Å². The number of hydrogen-bond acceptors (Lipinski definition) is 2. The van der Waals surface area contributed by atoms with Crippen LogP contribution < -0.4 is 0 Å². The molecule has 0 saturated heterocycles. The highest BCUT2D eigenvalue weighted by Gasteiger charge is 2.70. The van der Waals surface area contributed by atoms with E-state index in [9.17, 15) is 9.59 Å². The van der Waals surface area contributed by atoms with E-state index in [4.69, 9.17) is 0 Å². The fourth-order valence-electron chi connectivity index (χ4n) is 10.1. The molecule has 4 fully saturated rings. The lowest BCUT2D eigenvalue weighted by Gasteiger charge is -2.70. The summed E-state index contributed by atoms with van der Waals surface area (Å²) in [7, 11) is 0. The number of allylic oxidation sites excluding steroid dienone is 2. The summed E-state index contributed by atoms with van der Waals surface area (Å²) < 4.78 is 0. The van der Waals surface area contributed by atoms with E-state index in [-0.39, 0.29) is 27.6 Å². The van der Waals surface area contributed by atoms with Crippen molar-refractivity contribution in [2.24, 2.45) is 50.2 Å². The quantitative estimate of drug-likeness (QED) is 0.391. The normalized spacial score (nSPS) is 51.6. The highest BCUT2D eigenvalue weighted by Crippen LogP contribution is 2.74. The monoisotopic (exact) mass is 438 g/mol. The van der Waals surface area contributed by atoms with Gasteiger partial charge in [0.25, 0.3) is 0 Å². The lowest BCUT2D eigenvalue weighted by atomic mass is 9.33. The van der Waals surface area contributed by atoms with Crippen LogP contribution >= 0.6 is 0 Å². The van der Waals surface area contributed by atoms with Gasteiger partial charge >= 0.3 is 0 Å². The molecule has 0 heterocycles. The van der Waals surface area contributed by atoms with Gasteiger partial charge in [-0.25, -0.2) is 0 Å². The third-order valence-corrected chi connectivity index (χ3v) is 12.5. The van der Waals surface area contributed by atoms with Gasteiger partial charge in [0.2, 0.25) is 0 Å². The molecule has 0 aliphatic heterocycles. The van der Waals surface area contributed by atoms with Crippen LogP contribution in [0.15, 0.2) is 11.6 Å². The van der Waals surface area contributed by atoms with E-state index in [1.807, 2.05) is 0 Å². The van der Waals surface area contributed by atoms with Crippen LogP contribution in [0.25, 0.3) is 0 Å². The predicted molar refractivity (Wildman–Crippen MR) is 130 cm³/mol. The summed E-state index contributed by atoms with van der Waals surface area (Å²) in [5.41, 5.74) is 1.95. The molecule has 32 heavy (non-hydrogen) atoms. The third-order valence-electron chi connectivity index (χ3n) is 12.5. The lowest BCUT2D eigenvalue weighted by molar-refractivity contribution is -0.187. The van der Waals surface area contributed by atoms with Gasteiger partial charge in [-0.15, -0.1) is 0 Å². The highest BCUT2D eigenvalue weighted by atomic mass is 16.1. The Bertz CT molecular complexity index is 908. The molecule has 1 unspecified atom stereocenters. The van der Waals surface area contributed by atoms with Crippen molar-refractivity contribution in [2.75, 3.05) is 0 Å². The van der Waals surface area contributed by atoms with E-state index >= 15 is 0 Å². The van der Waals surface area contributed by atoms with Gasteiger partial charge in [-0.1, -0.05) is 61.0 Å². The number of ketones is 2. The van der Waals surface area contributed by atoms with E-state index in [1.54, 1.807) is 0 Å². The maximum absolute atomic E-state index is 14.2. The minimum Gasteiger partial charge on any atom is -0.299 e. The second-order valence-corrected chi connectivity index (χ2v) is 15.0. The van der Waals surface area contributed by atoms with Gasteiger partial charge in [0, 0.05) is 17.8 Å². The first-order valence-electron chi connectivity index (χ1n) is 13.4. The number of carbonyl (C=O) groups is 2. The minimum atomic E-state index is -0.308. The molecular formula is C30H46O2. The number of hydrogen-bond donors (Lipinski definition) is 0. The number of carbonyl (C=O) groups excluding carboxylic acids is 2. The van der Waals surface area contributed by atoms with Crippen LogP contribution in [-0.4, -0.2) is 11.6 Å². The second-order valence-electron chi connectivity index (χ2n) is 15.0. The molecule has 0 amide bonds. The molecule has 178 valence electrons. The van der Waals surface area contributed by atoms with Crippen molar-refractivity contribution in [1.29, 1.82) is 0 Å². The van der Waals surface area contributed by atoms with Crippen molar-refractivity contribution < 1.29 is 9.59 Å². The number of fused-ring (bicyclic) bond motifs is 7. The average molecular weight is 439 g/mol. The molecule has 7 atom stereocenters. The Morgan fingerprint density at radius 2 is 1.47 bits per heavy atom. The summed E-state index contributed by atoms with van der Waals surface area (Å²) in [6, 6.07) is 0. The molecule has 0 N–H and O–H groups in total. The molecule has 0 aromatic rings. The van der Waals surface area contributed by atoms with Crippen LogP contribution in [0.1, 0.15) is 113 Å². The molecule has 2 heteroatoms. The van der Waals surface area contributed by atoms with Crippen molar-refractivity contribution >= 4 is 11.6 Å². The molecule has 0 aromatic heterocycles. The Kier molecular flexibility index (Phi) is 4.57. The fraction of sp³-hybridized carbons (Fsp3) is 0.867. The number of rotatable bonds is 0. The Morgan fingerprint density at radius 3 is 2.16 bits per heavy atom. The van der Waals surface area contributed by atoms with Crippen molar-refractivity contribution in [3.63, 3.8) is 0 Å². The van der Waals surface area contributed by atoms with Gasteiger partial charge in [0.1, 0.15) is 5.78 Å². The van der Waals surface area contributed by atoms with Crippen LogP contribution in [0.2, 0.25) is 0 Å². The van der Waals surface area contributed by atoms with Crippen molar-refractivity contribution in [3.8, 4) is 0 Å². The summed E-state index contributed by atoms with van der Waals surface area (Å²) in [5.74, 6) is 1.72. The molecule has 0 aromatic carbocycles. The highest BCUT2D eigenvalue weighted by molar-refractivity contribution is 5.96. The Labute approximate surface area is 196 Å². The van der Waals surface area contributed by atoms with Crippen LogP contribution in [-0.2, 0) is 9.59 Å². The molecule has 5 aliphatic rings. The van der Waals surface area contributed by atoms with Crippen molar-refractivity contribution in [3.05, 3.63) is 11.6 Å². The minimum absolute atomic E-state index is 0.00119. The molecule has 0 radical (unpaired) electrons. The van der Waals surface area contributed by atoms with Gasteiger partial charge in [0.15, 0.2) is 5.78 Å². The van der Waals surface area contributed by atoms with E-state index in [0.717, 1.165) is 19.3 Å². The van der Waals surface area contributed by atoms with Gasteiger partial charge in [-0.2, -0.15) is 0 Å². The third kappa shape index (κ3) is 2.65. The van der Waals surface area contributed by atoms with E-state index in [0.29, 0.717) is 40.7 Å². The maximum atomic E-state index is 14.2. The first-order chi connectivity index (χ1) is 14.6. The molecule has 2 nitrogen and oxygen atoms in total. The van der Waals surface area contributed by atoms with E-state index < -0.39 is 0 Å². The molecular weight excluding hydrogens is 392 g/mol. The van der Waals surface area contributed by atoms with E-state index in [1.165, 1.54) is 37.7 Å². The average Bonchev–Trinajstić information content (AvgIpc) is 2.68. The molecule has 5 aliphatic carbocycles. The Morgan fingerprint density at radius 1 is 0.812 bits per heavy atom. The standard InChI is InChI=1S/C30H46O2/c1-25(2)13-14-27(5)15-16-29(7)19(20(27)18-25)17-21(31)24-28(6)11-10-23(32)26(3,4)22(28)9-12-30(24,29)8/h17,20,22,24H,9-16,18H2,1-8H3/t20-,22?,24-,27-,28+,29-,30-/m1/s1. The Hall–Kier alpha value is -0.920. The lowest BCUT2D eigenvalue weighted by Crippen LogP contribution is -2.66. The second kappa shape index (κ2) is 6.39. The first-order valence-corrected chi connectivity index (χ1v) is 13.4. The first kappa shape index (κ1) is 22.9. The van der Waals surface area contributed by atoms with Crippen molar-refractivity contribution in [2.45, 2.75) is 113 Å². The smallest absolute Gasteiger partial charge is 0.159 e. The predicted octanol–water partition coefficient (Wildman–Crippen LogP) is 7.56. The summed E-state index contributed by atoms with van der Waals surface area (Å²) >= 11 is 0. The van der Waals surface area contributed by atoms with Gasteiger partial charge in [0.05, 0.1) is 0 Å². The Balaban J connectivity index is 1.64. The molecule has 5 rings (SSSR count). The van der Waals surface area contributed by atoms with Crippen LogP contribution in [0.3, 0.4) is 0 Å². The van der Waals surface area contributed by atoms with Crippen LogP contribution in [0.5, 0.6) is 0 Å².